The average Bonchev–Trinajstić information content (AvgIpc) is 3.24. The molecule has 0 N–H and O–H groups in total. The molecule has 198 valence electrons. The molecule has 1 aliphatic rings. The minimum atomic E-state index is -5.50. The summed E-state index contributed by atoms with van der Waals surface area (Å²) in [6, 6.07) is 10.6. The number of imidazole rings is 1. The van der Waals surface area contributed by atoms with Gasteiger partial charge in [0, 0.05) is 19.0 Å². The molecule has 4 rings (SSSR count). The van der Waals surface area contributed by atoms with Crippen LogP contribution in [0.2, 0.25) is 5.02 Å². The van der Waals surface area contributed by atoms with Gasteiger partial charge in [0.25, 0.3) is 0 Å². The second-order valence-electron chi connectivity index (χ2n) is 8.44. The summed E-state index contributed by atoms with van der Waals surface area (Å²) < 4.78 is 64.8. The minimum Gasteiger partial charge on any atom is -0.295 e. The first-order valence-corrected chi connectivity index (χ1v) is 13.5. The number of ketones is 1. The SMILES string of the molecule is CCC1=NN(c2ccc(CCC(=O)c3c(CC)nc4ccc(Cl)cn34)cc2)CCN1S(=O)(=O)C(F)(F)F. The van der Waals surface area contributed by atoms with E-state index in [1.54, 1.807) is 41.8 Å². The molecule has 0 unspecified atom stereocenters. The highest BCUT2D eigenvalue weighted by molar-refractivity contribution is 7.90. The summed E-state index contributed by atoms with van der Waals surface area (Å²) in [7, 11) is -5.50. The standard InChI is InChI=1S/C24H25ClF3N5O3S/c1-3-19-23(31-15-17(25)8-12-22(31)29-19)20(34)11-7-16-5-9-18(10-6-16)32-13-14-33(21(4-2)30-32)37(35,36)24(26,27)28/h5-6,8-10,12,15H,3-4,7,11,13-14H2,1-2H3. The molecule has 0 aliphatic carbocycles. The summed E-state index contributed by atoms with van der Waals surface area (Å²) in [6.45, 7) is 3.08. The summed E-state index contributed by atoms with van der Waals surface area (Å²) in [6.07, 6.45) is 3.01. The summed E-state index contributed by atoms with van der Waals surface area (Å²) in [5.74, 6) is -0.243. The van der Waals surface area contributed by atoms with Crippen molar-refractivity contribution < 1.29 is 26.4 Å². The molecule has 37 heavy (non-hydrogen) atoms. The number of carbonyl (C=O) groups is 1. The number of Topliss-reactive ketones (excluding diaryl/α,β-unsaturated/α-hetero) is 1. The molecule has 0 atom stereocenters. The zero-order chi connectivity index (χ0) is 27.0. The maximum atomic E-state index is 13.1. The van der Waals surface area contributed by atoms with Gasteiger partial charge in [0.15, 0.2) is 5.78 Å². The van der Waals surface area contributed by atoms with Gasteiger partial charge in [-0.3, -0.25) is 14.2 Å². The highest BCUT2D eigenvalue weighted by Gasteiger charge is 2.51. The fourth-order valence-corrected chi connectivity index (χ4v) is 5.37. The van der Waals surface area contributed by atoms with Crippen molar-refractivity contribution in [3.8, 4) is 0 Å². The number of hydrogen-bond donors (Lipinski definition) is 0. The maximum absolute atomic E-state index is 13.1. The molecule has 3 heterocycles. The second kappa shape index (κ2) is 10.3. The summed E-state index contributed by atoms with van der Waals surface area (Å²) in [5, 5.41) is 6.13. The Labute approximate surface area is 217 Å². The number of anilines is 1. The number of sulfonamides is 1. The first-order chi connectivity index (χ1) is 17.5. The van der Waals surface area contributed by atoms with Gasteiger partial charge in [-0.2, -0.15) is 26.7 Å². The van der Waals surface area contributed by atoms with Gasteiger partial charge in [-0.15, -0.1) is 0 Å². The van der Waals surface area contributed by atoms with E-state index in [1.165, 1.54) is 5.01 Å². The van der Waals surface area contributed by atoms with Gasteiger partial charge in [-0.1, -0.05) is 37.6 Å². The quantitative estimate of drug-likeness (QED) is 0.363. The third kappa shape index (κ3) is 5.30. The predicted molar refractivity (Wildman–Crippen MR) is 135 cm³/mol. The number of benzene rings is 1. The topological polar surface area (TPSA) is 87.3 Å². The van der Waals surface area contributed by atoms with E-state index in [0.29, 0.717) is 44.9 Å². The molecule has 0 amide bonds. The smallest absolute Gasteiger partial charge is 0.295 e. The van der Waals surface area contributed by atoms with Crippen molar-refractivity contribution in [2.45, 2.75) is 45.0 Å². The Morgan fingerprint density at radius 1 is 1.05 bits per heavy atom. The number of amidine groups is 1. The van der Waals surface area contributed by atoms with Crippen LogP contribution in [-0.2, 0) is 22.9 Å². The van der Waals surface area contributed by atoms with Crippen molar-refractivity contribution in [2.75, 3.05) is 18.1 Å². The number of hydrogen-bond acceptors (Lipinski definition) is 6. The fourth-order valence-electron chi connectivity index (χ4n) is 4.19. The number of rotatable bonds is 8. The second-order valence-corrected chi connectivity index (χ2v) is 10.7. The van der Waals surface area contributed by atoms with Crippen molar-refractivity contribution >= 4 is 44.6 Å². The molecule has 1 aliphatic heterocycles. The van der Waals surface area contributed by atoms with E-state index in [-0.39, 0.29) is 37.6 Å². The van der Waals surface area contributed by atoms with Crippen LogP contribution < -0.4 is 5.01 Å². The van der Waals surface area contributed by atoms with E-state index in [9.17, 15) is 26.4 Å². The average molecular weight is 556 g/mol. The summed E-state index contributed by atoms with van der Waals surface area (Å²) in [5.41, 5.74) is -2.01. The summed E-state index contributed by atoms with van der Waals surface area (Å²) >= 11 is 6.11. The molecule has 0 bridgehead atoms. The number of aromatic nitrogens is 2. The van der Waals surface area contributed by atoms with Gasteiger partial charge in [-0.25, -0.2) is 9.29 Å². The molecule has 13 heteroatoms. The van der Waals surface area contributed by atoms with Gasteiger partial charge >= 0.3 is 15.5 Å². The number of nitrogens with zero attached hydrogens (tertiary/aromatic N) is 5. The van der Waals surface area contributed by atoms with Crippen LogP contribution in [0, 0.1) is 0 Å². The first kappa shape index (κ1) is 26.9. The number of fused-ring (bicyclic) bond motifs is 1. The molecule has 0 spiro atoms. The van der Waals surface area contributed by atoms with E-state index >= 15 is 0 Å². The largest absolute Gasteiger partial charge is 0.516 e. The highest BCUT2D eigenvalue weighted by atomic mass is 35.5. The zero-order valence-corrected chi connectivity index (χ0v) is 21.7. The van der Waals surface area contributed by atoms with E-state index in [4.69, 9.17) is 11.6 Å². The van der Waals surface area contributed by atoms with Crippen molar-refractivity contribution in [1.29, 1.82) is 0 Å². The molecular weight excluding hydrogens is 531 g/mol. The maximum Gasteiger partial charge on any atom is 0.516 e. The fraction of sp³-hybridized carbons (Fsp3) is 0.375. The van der Waals surface area contributed by atoms with Gasteiger partial charge in [0.05, 0.1) is 29.5 Å². The Balaban J connectivity index is 1.47. The van der Waals surface area contributed by atoms with E-state index < -0.39 is 15.5 Å². The Morgan fingerprint density at radius 2 is 1.76 bits per heavy atom. The molecule has 0 saturated heterocycles. The number of aryl methyl sites for hydroxylation is 2. The van der Waals surface area contributed by atoms with Crippen molar-refractivity contribution in [2.24, 2.45) is 5.10 Å². The van der Waals surface area contributed by atoms with Crippen LogP contribution in [0.25, 0.3) is 5.65 Å². The third-order valence-corrected chi connectivity index (χ3v) is 7.85. The molecule has 1 aromatic carbocycles. The number of alkyl halides is 3. The molecule has 0 saturated carbocycles. The molecule has 2 aromatic heterocycles. The van der Waals surface area contributed by atoms with Crippen LogP contribution in [0.15, 0.2) is 47.7 Å². The van der Waals surface area contributed by atoms with Crippen LogP contribution >= 0.6 is 11.6 Å². The van der Waals surface area contributed by atoms with Crippen LogP contribution in [-0.4, -0.2) is 52.3 Å². The van der Waals surface area contributed by atoms with Gasteiger partial charge in [0.1, 0.15) is 17.2 Å². The highest BCUT2D eigenvalue weighted by Crippen LogP contribution is 2.30. The van der Waals surface area contributed by atoms with Crippen LogP contribution in [0.1, 0.15) is 48.4 Å². The molecule has 3 aromatic rings. The molecule has 0 fully saturated rings. The van der Waals surface area contributed by atoms with E-state index in [0.717, 1.165) is 5.56 Å². The Kier molecular flexibility index (Phi) is 7.52. The van der Waals surface area contributed by atoms with E-state index in [2.05, 4.69) is 10.1 Å². The van der Waals surface area contributed by atoms with Crippen molar-refractivity contribution in [1.82, 2.24) is 13.7 Å². The normalized spacial score (nSPS) is 14.8. The van der Waals surface area contributed by atoms with Crippen LogP contribution in [0.4, 0.5) is 18.9 Å². The predicted octanol–water partition coefficient (Wildman–Crippen LogP) is 5.06. The molecule has 0 radical (unpaired) electrons. The third-order valence-electron chi connectivity index (χ3n) is 6.07. The molecular formula is C24H25ClF3N5O3S. The first-order valence-electron chi connectivity index (χ1n) is 11.7. The lowest BCUT2D eigenvalue weighted by Crippen LogP contribution is -2.50. The number of pyridine rings is 1. The van der Waals surface area contributed by atoms with Crippen molar-refractivity contribution in [3.05, 3.63) is 64.6 Å². The number of halogens is 4. The lowest BCUT2D eigenvalue weighted by atomic mass is 10.0. The van der Waals surface area contributed by atoms with Gasteiger partial charge < -0.3 is 0 Å². The molecule has 8 nitrogen and oxygen atoms in total. The summed E-state index contributed by atoms with van der Waals surface area (Å²) in [4.78, 5) is 17.6. The van der Waals surface area contributed by atoms with Crippen molar-refractivity contribution in [3.63, 3.8) is 0 Å². The van der Waals surface area contributed by atoms with Crippen LogP contribution in [0.3, 0.4) is 0 Å². The van der Waals surface area contributed by atoms with Gasteiger partial charge in [-0.05, 0) is 42.7 Å². The van der Waals surface area contributed by atoms with Crippen LogP contribution in [0.5, 0.6) is 0 Å². The number of carbonyl (C=O) groups excluding carboxylic acids is 1. The number of hydrazone groups is 1. The Bertz CT molecular complexity index is 1450. The Morgan fingerprint density at radius 3 is 2.38 bits per heavy atom. The monoisotopic (exact) mass is 555 g/mol. The van der Waals surface area contributed by atoms with E-state index in [1.807, 2.05) is 19.1 Å². The minimum absolute atomic E-state index is 0.0141. The zero-order valence-electron chi connectivity index (χ0n) is 20.2. The van der Waals surface area contributed by atoms with Gasteiger partial charge in [0.2, 0.25) is 0 Å². The lowest BCUT2D eigenvalue weighted by Gasteiger charge is -2.34. The Hall–Kier alpha value is -3.12. The lowest BCUT2D eigenvalue weighted by molar-refractivity contribution is -0.0473.